The van der Waals surface area contributed by atoms with Crippen LogP contribution in [0, 0.1) is 0 Å². The number of hydrogen-bond donors (Lipinski definition) is 3. The molecule has 0 unspecified atom stereocenters. The fourth-order valence-electron chi connectivity index (χ4n) is 3.63. The number of carboxylic acids is 1. The molecule has 9 nitrogen and oxygen atoms in total. The number of ether oxygens (including phenoxy) is 2. The minimum Gasteiger partial charge on any atom is -0.508 e. The molecule has 0 radical (unpaired) electrons. The van der Waals surface area contributed by atoms with Crippen molar-refractivity contribution in [3.05, 3.63) is 59.7 Å². The minimum atomic E-state index is -0.837. The van der Waals surface area contributed by atoms with Crippen LogP contribution in [0.2, 0.25) is 0 Å². The van der Waals surface area contributed by atoms with Gasteiger partial charge in [0.25, 0.3) is 0 Å². The number of unbranched alkanes of at least 4 members (excludes halogenated alkanes) is 3. The first-order valence-electron chi connectivity index (χ1n) is 12.5. The lowest BCUT2D eigenvalue weighted by Crippen LogP contribution is -2.43. The van der Waals surface area contributed by atoms with Crippen molar-refractivity contribution in [3.8, 4) is 11.5 Å². The van der Waals surface area contributed by atoms with Crippen LogP contribution in [0.5, 0.6) is 11.5 Å². The number of nitrogens with one attached hydrogen (secondary N) is 1. The van der Waals surface area contributed by atoms with E-state index < -0.39 is 18.0 Å². The Kier molecular flexibility index (Phi) is 12.7. The number of carbonyl (C=O) groups is 4. The molecule has 1 amide bonds. The number of aromatic hydroxyl groups is 1. The highest BCUT2D eigenvalue weighted by atomic mass is 16.5. The summed E-state index contributed by atoms with van der Waals surface area (Å²) in [6.45, 7) is 1.90. The molecule has 0 saturated carbocycles. The lowest BCUT2D eigenvalue weighted by Gasteiger charge is -2.17. The molecule has 0 aliphatic rings. The van der Waals surface area contributed by atoms with Crippen LogP contribution in [0.4, 0.5) is 0 Å². The molecule has 37 heavy (non-hydrogen) atoms. The van der Waals surface area contributed by atoms with E-state index in [4.69, 9.17) is 14.6 Å². The Morgan fingerprint density at radius 1 is 0.838 bits per heavy atom. The molecule has 2 aromatic rings. The molecule has 0 spiro atoms. The van der Waals surface area contributed by atoms with E-state index in [0.29, 0.717) is 25.0 Å². The molecule has 0 aromatic heterocycles. The summed E-state index contributed by atoms with van der Waals surface area (Å²) in [6.07, 6.45) is 4.03. The van der Waals surface area contributed by atoms with Crippen LogP contribution in [0.3, 0.4) is 0 Å². The van der Waals surface area contributed by atoms with Gasteiger partial charge in [-0.15, -0.1) is 0 Å². The number of phenolic OH excluding ortho intramolecular Hbond substituents is 1. The van der Waals surface area contributed by atoms with Gasteiger partial charge in [0.15, 0.2) is 0 Å². The molecule has 0 fully saturated rings. The number of carbonyl (C=O) groups excluding carboxylic acids is 3. The van der Waals surface area contributed by atoms with E-state index in [-0.39, 0.29) is 49.9 Å². The first kappa shape index (κ1) is 29.4. The lowest BCUT2D eigenvalue weighted by atomic mass is 10.0. The van der Waals surface area contributed by atoms with Crippen LogP contribution in [-0.4, -0.2) is 46.7 Å². The Balaban J connectivity index is 1.77. The van der Waals surface area contributed by atoms with E-state index in [0.717, 1.165) is 24.0 Å². The fourth-order valence-corrected chi connectivity index (χ4v) is 3.63. The fraction of sp³-hybridized carbons (Fsp3) is 0.429. The number of carboxylic acid groups (broad SMARTS) is 1. The summed E-state index contributed by atoms with van der Waals surface area (Å²) < 4.78 is 10.4. The zero-order valence-electron chi connectivity index (χ0n) is 21.1. The van der Waals surface area contributed by atoms with E-state index in [1.807, 2.05) is 0 Å². The normalized spacial score (nSPS) is 11.4. The molecule has 200 valence electrons. The average molecular weight is 514 g/mol. The Hall–Kier alpha value is -3.88. The summed E-state index contributed by atoms with van der Waals surface area (Å²) in [6, 6.07) is 12.5. The predicted molar refractivity (Wildman–Crippen MR) is 136 cm³/mol. The zero-order chi connectivity index (χ0) is 27.0. The third-order valence-corrected chi connectivity index (χ3v) is 5.60. The number of benzene rings is 2. The Bertz CT molecular complexity index is 1020. The zero-order valence-corrected chi connectivity index (χ0v) is 21.1. The van der Waals surface area contributed by atoms with Crippen LogP contribution in [0.25, 0.3) is 0 Å². The van der Waals surface area contributed by atoms with Gasteiger partial charge in [0.1, 0.15) is 17.5 Å². The third kappa shape index (κ3) is 12.1. The van der Waals surface area contributed by atoms with Gasteiger partial charge in [0.2, 0.25) is 5.91 Å². The number of esters is 2. The molecule has 2 aromatic carbocycles. The van der Waals surface area contributed by atoms with E-state index >= 15 is 0 Å². The maximum absolute atomic E-state index is 12.5. The summed E-state index contributed by atoms with van der Waals surface area (Å²) in [7, 11) is 0. The van der Waals surface area contributed by atoms with Crippen LogP contribution >= 0.6 is 0 Å². The van der Waals surface area contributed by atoms with Gasteiger partial charge < -0.3 is 25.0 Å². The third-order valence-electron chi connectivity index (χ3n) is 5.60. The number of phenols is 1. The van der Waals surface area contributed by atoms with Crippen LogP contribution in [0.1, 0.15) is 63.0 Å². The predicted octanol–water partition coefficient (Wildman–Crippen LogP) is 3.95. The van der Waals surface area contributed by atoms with Crippen molar-refractivity contribution in [2.75, 3.05) is 6.61 Å². The highest BCUT2D eigenvalue weighted by Crippen LogP contribution is 2.16. The van der Waals surface area contributed by atoms with Crippen molar-refractivity contribution in [1.82, 2.24) is 5.32 Å². The smallest absolute Gasteiger partial charge is 0.328 e. The molecule has 0 saturated heterocycles. The summed E-state index contributed by atoms with van der Waals surface area (Å²) in [5.41, 5.74) is 1.65. The Labute approximate surface area is 216 Å². The van der Waals surface area contributed by atoms with Gasteiger partial charge >= 0.3 is 17.9 Å². The van der Waals surface area contributed by atoms with Crippen molar-refractivity contribution >= 4 is 23.8 Å². The number of hydrogen-bond acceptors (Lipinski definition) is 7. The molecule has 9 heteroatoms. The van der Waals surface area contributed by atoms with Crippen LogP contribution in [-0.2, 0) is 36.8 Å². The maximum Gasteiger partial charge on any atom is 0.328 e. The molecule has 2 rings (SSSR count). The standard InChI is InChI=1S/C28H35NO8/c1-2-36-28(35)24(19-21-9-14-22(30)15-10-21)29-25(31)18-13-20-11-16-23(17-12-20)37-27(34)8-6-4-3-5-7-26(32)33/h9-12,14-17,24,30H,2-8,13,18-19H2,1H3,(H,29,31)(H,32,33)/t24-/m0/s1. The van der Waals surface area contributed by atoms with Gasteiger partial charge in [-0.3, -0.25) is 14.4 Å². The van der Waals surface area contributed by atoms with Crippen molar-refractivity contribution in [2.45, 2.75) is 70.8 Å². The van der Waals surface area contributed by atoms with Gasteiger partial charge in [-0.25, -0.2) is 4.79 Å². The van der Waals surface area contributed by atoms with Crippen LogP contribution < -0.4 is 10.1 Å². The second kappa shape index (κ2) is 16.0. The molecule has 0 bridgehead atoms. The second-order valence-corrected chi connectivity index (χ2v) is 8.67. The number of aliphatic carboxylic acids is 1. The molecule has 3 N–H and O–H groups in total. The molecule has 0 aliphatic heterocycles. The SMILES string of the molecule is CCOC(=O)[C@H](Cc1ccc(O)cc1)NC(=O)CCc1ccc(OC(=O)CCCCCCC(=O)O)cc1. The van der Waals surface area contributed by atoms with Gasteiger partial charge in [0, 0.05) is 25.7 Å². The number of amides is 1. The largest absolute Gasteiger partial charge is 0.508 e. The van der Waals surface area contributed by atoms with E-state index in [1.54, 1.807) is 43.3 Å². The maximum atomic E-state index is 12.5. The summed E-state index contributed by atoms with van der Waals surface area (Å²) in [4.78, 5) is 47.3. The topological polar surface area (TPSA) is 139 Å². The summed E-state index contributed by atoms with van der Waals surface area (Å²) in [5.74, 6) is -1.43. The molecular formula is C28H35NO8. The molecular weight excluding hydrogens is 478 g/mol. The highest BCUT2D eigenvalue weighted by Gasteiger charge is 2.22. The quantitative estimate of drug-likeness (QED) is 0.174. The number of rotatable bonds is 16. The first-order valence-corrected chi connectivity index (χ1v) is 12.5. The first-order chi connectivity index (χ1) is 17.8. The van der Waals surface area contributed by atoms with Crippen molar-refractivity contribution in [2.24, 2.45) is 0 Å². The Morgan fingerprint density at radius 2 is 1.46 bits per heavy atom. The summed E-state index contributed by atoms with van der Waals surface area (Å²) in [5, 5.41) is 20.8. The molecule has 0 aliphatic carbocycles. The van der Waals surface area contributed by atoms with E-state index in [1.165, 1.54) is 12.1 Å². The van der Waals surface area contributed by atoms with Gasteiger partial charge in [-0.05, 0) is 61.6 Å². The van der Waals surface area contributed by atoms with Crippen molar-refractivity contribution < 1.29 is 38.9 Å². The van der Waals surface area contributed by atoms with E-state index in [2.05, 4.69) is 5.32 Å². The Morgan fingerprint density at radius 3 is 2.08 bits per heavy atom. The highest BCUT2D eigenvalue weighted by molar-refractivity contribution is 5.84. The second-order valence-electron chi connectivity index (χ2n) is 8.67. The van der Waals surface area contributed by atoms with Gasteiger partial charge in [-0.2, -0.15) is 0 Å². The van der Waals surface area contributed by atoms with Crippen molar-refractivity contribution in [3.63, 3.8) is 0 Å². The van der Waals surface area contributed by atoms with Crippen LogP contribution in [0.15, 0.2) is 48.5 Å². The monoisotopic (exact) mass is 513 g/mol. The number of aryl methyl sites for hydroxylation is 1. The average Bonchev–Trinajstić information content (AvgIpc) is 2.86. The van der Waals surface area contributed by atoms with Crippen molar-refractivity contribution in [1.29, 1.82) is 0 Å². The van der Waals surface area contributed by atoms with E-state index in [9.17, 15) is 24.3 Å². The summed E-state index contributed by atoms with van der Waals surface area (Å²) >= 11 is 0. The lowest BCUT2D eigenvalue weighted by molar-refractivity contribution is -0.147. The molecule has 0 heterocycles. The minimum absolute atomic E-state index is 0.117. The molecule has 1 atom stereocenters. The van der Waals surface area contributed by atoms with Gasteiger partial charge in [0.05, 0.1) is 6.61 Å². The van der Waals surface area contributed by atoms with Gasteiger partial charge in [-0.1, -0.05) is 37.1 Å².